The van der Waals surface area contributed by atoms with E-state index in [1.807, 2.05) is 25.1 Å². The third kappa shape index (κ3) is 3.52. The number of benzene rings is 2. The molecule has 0 saturated heterocycles. The third-order valence-corrected chi connectivity index (χ3v) is 4.87. The molecule has 2 aromatic heterocycles. The first-order chi connectivity index (χ1) is 14.0. The van der Waals surface area contributed by atoms with Gasteiger partial charge in [-0.1, -0.05) is 25.1 Å². The monoisotopic (exact) mass is 388 g/mol. The Kier molecular flexibility index (Phi) is 4.68. The molecule has 6 nitrogen and oxygen atoms in total. The van der Waals surface area contributed by atoms with Crippen LogP contribution < -0.4 is 11.1 Å². The molecular formula is C23H20N2O4. The van der Waals surface area contributed by atoms with Crippen molar-refractivity contribution in [3.05, 3.63) is 77.2 Å². The summed E-state index contributed by atoms with van der Waals surface area (Å²) in [5, 5.41) is 3.80. The zero-order valence-electron chi connectivity index (χ0n) is 16.1. The number of nitrogens with two attached hydrogens (primary N) is 1. The zero-order valence-corrected chi connectivity index (χ0v) is 16.1. The molecule has 0 aliphatic carbocycles. The Labute approximate surface area is 167 Å². The van der Waals surface area contributed by atoms with Crippen LogP contribution in [0.1, 0.15) is 39.2 Å². The van der Waals surface area contributed by atoms with Gasteiger partial charge in [0.15, 0.2) is 11.5 Å². The molecule has 3 N–H and O–H groups in total. The van der Waals surface area contributed by atoms with Crippen LogP contribution >= 0.6 is 0 Å². The van der Waals surface area contributed by atoms with Crippen molar-refractivity contribution in [3.8, 4) is 11.3 Å². The topological polar surface area (TPSA) is 98.5 Å². The van der Waals surface area contributed by atoms with E-state index in [1.165, 1.54) is 11.6 Å². The molecule has 4 rings (SSSR count). The van der Waals surface area contributed by atoms with Crippen molar-refractivity contribution in [1.29, 1.82) is 0 Å². The van der Waals surface area contributed by atoms with Crippen molar-refractivity contribution in [3.63, 3.8) is 0 Å². The lowest BCUT2D eigenvalue weighted by Gasteiger charge is -2.06. The minimum atomic E-state index is -0.632. The highest BCUT2D eigenvalue weighted by molar-refractivity contribution is 6.06. The first-order valence-electron chi connectivity index (χ1n) is 9.29. The maximum absolute atomic E-state index is 12.8. The Morgan fingerprint density at radius 1 is 1.03 bits per heavy atom. The number of rotatable bonds is 5. The van der Waals surface area contributed by atoms with Gasteiger partial charge in [-0.25, -0.2) is 0 Å². The lowest BCUT2D eigenvalue weighted by Crippen LogP contribution is -2.12. The summed E-state index contributed by atoms with van der Waals surface area (Å²) in [7, 11) is 0. The number of furan rings is 2. The van der Waals surface area contributed by atoms with E-state index in [4.69, 9.17) is 14.6 Å². The maximum Gasteiger partial charge on any atom is 0.291 e. The van der Waals surface area contributed by atoms with Gasteiger partial charge in [0, 0.05) is 22.2 Å². The van der Waals surface area contributed by atoms with Crippen molar-refractivity contribution in [1.82, 2.24) is 0 Å². The summed E-state index contributed by atoms with van der Waals surface area (Å²) >= 11 is 0. The van der Waals surface area contributed by atoms with Gasteiger partial charge in [0.1, 0.15) is 11.3 Å². The Morgan fingerprint density at radius 3 is 2.59 bits per heavy atom. The number of carbonyl (C=O) groups excluding carboxylic acids is 2. The summed E-state index contributed by atoms with van der Waals surface area (Å²) in [6.07, 6.45) is 0.916. The van der Waals surface area contributed by atoms with Crippen LogP contribution in [0.15, 0.2) is 63.4 Å². The lowest BCUT2D eigenvalue weighted by molar-refractivity contribution is 0.0972. The van der Waals surface area contributed by atoms with E-state index >= 15 is 0 Å². The van der Waals surface area contributed by atoms with Gasteiger partial charge in [0.05, 0.1) is 0 Å². The predicted molar refractivity (Wildman–Crippen MR) is 111 cm³/mol. The van der Waals surface area contributed by atoms with E-state index in [0.717, 1.165) is 17.4 Å². The average Bonchev–Trinajstić information content (AvgIpc) is 3.33. The molecule has 0 bridgehead atoms. The summed E-state index contributed by atoms with van der Waals surface area (Å²) in [6, 6.07) is 16.3. The van der Waals surface area contributed by atoms with E-state index in [9.17, 15) is 9.59 Å². The van der Waals surface area contributed by atoms with Crippen LogP contribution in [0.4, 0.5) is 5.69 Å². The Hall–Kier alpha value is -3.80. The minimum absolute atomic E-state index is 0.0822. The molecule has 2 aromatic carbocycles. The molecule has 0 aliphatic heterocycles. The first kappa shape index (κ1) is 18.6. The van der Waals surface area contributed by atoms with Gasteiger partial charge in [-0.2, -0.15) is 0 Å². The molecule has 0 fully saturated rings. The molecule has 0 atom stereocenters. The van der Waals surface area contributed by atoms with E-state index in [0.29, 0.717) is 22.6 Å². The van der Waals surface area contributed by atoms with Crippen molar-refractivity contribution in [2.45, 2.75) is 20.3 Å². The number of primary amides is 1. The van der Waals surface area contributed by atoms with Gasteiger partial charge in [-0.15, -0.1) is 0 Å². The highest BCUT2D eigenvalue weighted by Gasteiger charge is 2.18. The van der Waals surface area contributed by atoms with Crippen LogP contribution in [0.2, 0.25) is 0 Å². The van der Waals surface area contributed by atoms with Gasteiger partial charge in [0.25, 0.3) is 11.8 Å². The summed E-state index contributed by atoms with van der Waals surface area (Å²) in [5.41, 5.74) is 9.21. The number of hydrogen-bond acceptors (Lipinski definition) is 4. The molecule has 0 radical (unpaired) electrons. The van der Waals surface area contributed by atoms with Crippen molar-refractivity contribution < 1.29 is 18.4 Å². The molecule has 6 heteroatoms. The second-order valence-corrected chi connectivity index (χ2v) is 6.80. The van der Waals surface area contributed by atoms with Crippen LogP contribution in [0.25, 0.3) is 22.3 Å². The molecular weight excluding hydrogens is 368 g/mol. The Bertz CT molecular complexity index is 1230. The van der Waals surface area contributed by atoms with Crippen LogP contribution in [-0.4, -0.2) is 11.8 Å². The summed E-state index contributed by atoms with van der Waals surface area (Å²) in [5.74, 6) is -0.105. The predicted octanol–water partition coefficient (Wildman–Crippen LogP) is 4.91. The quantitative estimate of drug-likeness (QED) is 0.507. The van der Waals surface area contributed by atoms with Gasteiger partial charge in [-0.3, -0.25) is 9.59 Å². The van der Waals surface area contributed by atoms with E-state index in [2.05, 4.69) is 18.3 Å². The molecule has 0 saturated carbocycles. The van der Waals surface area contributed by atoms with Crippen molar-refractivity contribution in [2.75, 3.05) is 5.32 Å². The van der Waals surface area contributed by atoms with Crippen molar-refractivity contribution >= 4 is 28.5 Å². The third-order valence-electron chi connectivity index (χ3n) is 4.87. The number of hydrogen-bond donors (Lipinski definition) is 2. The maximum atomic E-state index is 12.8. The number of carbonyl (C=O) groups is 2. The highest BCUT2D eigenvalue weighted by atomic mass is 16.4. The minimum Gasteiger partial charge on any atom is -0.451 e. The fourth-order valence-electron chi connectivity index (χ4n) is 3.27. The number of anilines is 1. The number of nitrogens with one attached hydrogen (secondary N) is 1. The van der Waals surface area contributed by atoms with Crippen LogP contribution in [0.5, 0.6) is 0 Å². The van der Waals surface area contributed by atoms with E-state index in [1.54, 1.807) is 24.3 Å². The number of aryl methyl sites for hydroxylation is 2. The molecule has 2 heterocycles. The second kappa shape index (κ2) is 7.31. The Morgan fingerprint density at radius 2 is 1.86 bits per heavy atom. The Balaban J connectivity index is 1.61. The normalized spacial score (nSPS) is 11.0. The summed E-state index contributed by atoms with van der Waals surface area (Å²) in [6.45, 7) is 3.97. The van der Waals surface area contributed by atoms with E-state index in [-0.39, 0.29) is 17.4 Å². The zero-order chi connectivity index (χ0) is 20.5. The second-order valence-electron chi connectivity index (χ2n) is 6.80. The number of amides is 2. The SMILES string of the molecule is CCc1ccc2oc(C(=O)Nc3cccc(-c4ccc(C(N)=O)o4)c3)c(C)c2c1. The molecule has 2 amide bonds. The van der Waals surface area contributed by atoms with Crippen LogP contribution in [-0.2, 0) is 6.42 Å². The first-order valence-corrected chi connectivity index (χ1v) is 9.29. The van der Waals surface area contributed by atoms with Crippen LogP contribution in [0, 0.1) is 6.92 Å². The van der Waals surface area contributed by atoms with E-state index < -0.39 is 5.91 Å². The average molecular weight is 388 g/mol. The molecule has 146 valence electrons. The van der Waals surface area contributed by atoms with Crippen LogP contribution in [0.3, 0.4) is 0 Å². The van der Waals surface area contributed by atoms with Crippen molar-refractivity contribution in [2.24, 2.45) is 5.73 Å². The molecule has 0 unspecified atom stereocenters. The molecule has 0 aliphatic rings. The van der Waals surface area contributed by atoms with Gasteiger partial charge >= 0.3 is 0 Å². The fourth-order valence-corrected chi connectivity index (χ4v) is 3.27. The van der Waals surface area contributed by atoms with Gasteiger partial charge < -0.3 is 19.9 Å². The fraction of sp³-hybridized carbons (Fsp3) is 0.130. The molecule has 0 spiro atoms. The molecule has 29 heavy (non-hydrogen) atoms. The van der Waals surface area contributed by atoms with Gasteiger partial charge in [-0.05, 0) is 55.3 Å². The summed E-state index contributed by atoms with van der Waals surface area (Å²) in [4.78, 5) is 24.0. The van der Waals surface area contributed by atoms with Gasteiger partial charge in [0.2, 0.25) is 0 Å². The smallest absolute Gasteiger partial charge is 0.291 e. The standard InChI is InChI=1S/C23H20N2O4/c1-3-14-7-8-19-17(11-14)13(2)21(29-19)23(27)25-16-6-4-5-15(12-16)18-9-10-20(28-18)22(24)26/h4-12H,3H2,1-2H3,(H2,24,26)(H,25,27). The lowest BCUT2D eigenvalue weighted by atomic mass is 10.1. The molecule has 4 aromatic rings. The largest absolute Gasteiger partial charge is 0.451 e. The highest BCUT2D eigenvalue weighted by Crippen LogP contribution is 2.28. The summed E-state index contributed by atoms with van der Waals surface area (Å²) < 4.78 is 11.2. The number of fused-ring (bicyclic) bond motifs is 1.